The third-order valence-corrected chi connectivity index (χ3v) is 5.83. The zero-order chi connectivity index (χ0) is 13.9. The summed E-state index contributed by atoms with van der Waals surface area (Å²) in [5.41, 5.74) is 5.56. The summed E-state index contributed by atoms with van der Waals surface area (Å²) in [6.07, 6.45) is 1.18. The Morgan fingerprint density at radius 1 is 1.35 bits per heavy atom. The lowest BCUT2D eigenvalue weighted by Gasteiger charge is -2.15. The quantitative estimate of drug-likeness (QED) is 0.673. The van der Waals surface area contributed by atoms with Crippen LogP contribution >= 0.6 is 23.1 Å². The Bertz CT molecular complexity index is 574. The van der Waals surface area contributed by atoms with Gasteiger partial charge < -0.3 is 4.74 Å². The van der Waals surface area contributed by atoms with Gasteiger partial charge in [-0.15, -0.1) is 11.3 Å². The number of hydrogen-bond acceptors (Lipinski definition) is 5. The lowest BCUT2D eigenvalue weighted by Crippen LogP contribution is -2.28. The van der Waals surface area contributed by atoms with E-state index < -0.39 is 0 Å². The summed E-state index contributed by atoms with van der Waals surface area (Å²) in [6.45, 7) is 0. The average molecular weight is 306 g/mol. The number of ether oxygens (including phenoxy) is 1. The second-order valence-corrected chi connectivity index (χ2v) is 7.05. The van der Waals surface area contributed by atoms with Crippen molar-refractivity contribution in [3.8, 4) is 5.75 Å². The lowest BCUT2D eigenvalue weighted by atomic mass is 10.0. The molecule has 0 aliphatic carbocycles. The molecule has 20 heavy (non-hydrogen) atoms. The van der Waals surface area contributed by atoms with Crippen molar-refractivity contribution >= 4 is 23.1 Å². The van der Waals surface area contributed by atoms with Crippen molar-refractivity contribution in [3.05, 3.63) is 51.2 Å². The molecule has 0 saturated heterocycles. The molecule has 0 bridgehead atoms. The van der Waals surface area contributed by atoms with E-state index in [0.29, 0.717) is 0 Å². The molecule has 0 spiro atoms. The van der Waals surface area contributed by atoms with Gasteiger partial charge in [-0.25, -0.2) is 5.43 Å². The lowest BCUT2D eigenvalue weighted by molar-refractivity contribution is 0.413. The first-order valence-electron chi connectivity index (χ1n) is 6.61. The van der Waals surface area contributed by atoms with Crippen LogP contribution in [0, 0.1) is 0 Å². The molecule has 0 fully saturated rings. The number of benzene rings is 1. The maximum absolute atomic E-state index is 5.80. The number of hydrogen-bond donors (Lipinski definition) is 2. The molecular formula is C15H18N2OS2. The topological polar surface area (TPSA) is 47.3 Å². The Hall–Kier alpha value is -1.01. The first kappa shape index (κ1) is 13.9. The van der Waals surface area contributed by atoms with Gasteiger partial charge in [0.05, 0.1) is 13.2 Å². The molecule has 2 heterocycles. The third kappa shape index (κ3) is 2.72. The van der Waals surface area contributed by atoms with Crippen LogP contribution in [-0.4, -0.2) is 12.9 Å². The van der Waals surface area contributed by atoms with E-state index in [0.717, 1.165) is 17.1 Å². The van der Waals surface area contributed by atoms with Crippen LogP contribution in [-0.2, 0) is 12.2 Å². The van der Waals surface area contributed by atoms with Gasteiger partial charge in [0.15, 0.2) is 0 Å². The molecular weight excluding hydrogens is 288 g/mol. The fourth-order valence-corrected chi connectivity index (χ4v) is 4.94. The second-order valence-electron chi connectivity index (χ2n) is 4.78. The molecule has 5 heteroatoms. The standard InChI is InChI=1S/C15H18N2OS2/c1-18-12-4-2-3-10(7-12)15(17-16)14-8-11-9-19-6-5-13(11)20-14/h2-4,7-8,15,17H,5-6,9,16H2,1H3. The van der Waals surface area contributed by atoms with Gasteiger partial charge in [0, 0.05) is 15.5 Å². The number of nitrogens with one attached hydrogen (secondary N) is 1. The van der Waals surface area contributed by atoms with Crippen LogP contribution in [0.5, 0.6) is 5.75 Å². The van der Waals surface area contributed by atoms with Crippen molar-refractivity contribution in [2.24, 2.45) is 5.84 Å². The Labute approximate surface area is 127 Å². The Morgan fingerprint density at radius 3 is 3.00 bits per heavy atom. The summed E-state index contributed by atoms with van der Waals surface area (Å²) in [5, 5.41) is 0. The smallest absolute Gasteiger partial charge is 0.119 e. The van der Waals surface area contributed by atoms with E-state index in [9.17, 15) is 0 Å². The van der Waals surface area contributed by atoms with Crippen LogP contribution in [0.25, 0.3) is 0 Å². The number of thiophene rings is 1. The summed E-state index contributed by atoms with van der Waals surface area (Å²) in [6, 6.07) is 10.4. The zero-order valence-electron chi connectivity index (χ0n) is 11.4. The van der Waals surface area contributed by atoms with Crippen molar-refractivity contribution in [1.82, 2.24) is 5.43 Å². The summed E-state index contributed by atoms with van der Waals surface area (Å²) in [7, 11) is 1.69. The van der Waals surface area contributed by atoms with E-state index >= 15 is 0 Å². The number of nitrogens with two attached hydrogens (primary N) is 1. The number of fused-ring (bicyclic) bond motifs is 1. The predicted octanol–water partition coefficient (Wildman–Crippen LogP) is 3.10. The highest BCUT2D eigenvalue weighted by atomic mass is 32.2. The van der Waals surface area contributed by atoms with Gasteiger partial charge in [0.2, 0.25) is 0 Å². The maximum atomic E-state index is 5.80. The van der Waals surface area contributed by atoms with Crippen molar-refractivity contribution in [2.75, 3.05) is 12.9 Å². The van der Waals surface area contributed by atoms with E-state index in [1.165, 1.54) is 27.5 Å². The summed E-state index contributed by atoms with van der Waals surface area (Å²) in [4.78, 5) is 2.80. The van der Waals surface area contributed by atoms with Crippen LogP contribution in [0.2, 0.25) is 0 Å². The molecule has 2 aromatic rings. The van der Waals surface area contributed by atoms with E-state index in [2.05, 4.69) is 17.6 Å². The zero-order valence-corrected chi connectivity index (χ0v) is 13.0. The Morgan fingerprint density at radius 2 is 2.25 bits per heavy atom. The molecule has 1 atom stereocenters. The molecule has 1 unspecified atom stereocenters. The molecule has 106 valence electrons. The number of aryl methyl sites for hydroxylation is 1. The minimum Gasteiger partial charge on any atom is -0.497 e. The van der Waals surface area contributed by atoms with E-state index in [1.54, 1.807) is 7.11 Å². The largest absolute Gasteiger partial charge is 0.497 e. The first-order chi connectivity index (χ1) is 9.81. The summed E-state index contributed by atoms with van der Waals surface area (Å²) < 4.78 is 5.30. The highest BCUT2D eigenvalue weighted by Crippen LogP contribution is 2.36. The van der Waals surface area contributed by atoms with Crippen molar-refractivity contribution < 1.29 is 4.74 Å². The van der Waals surface area contributed by atoms with Crippen LogP contribution in [0.15, 0.2) is 30.3 Å². The first-order valence-corrected chi connectivity index (χ1v) is 8.58. The molecule has 1 aliphatic heterocycles. The van der Waals surface area contributed by atoms with E-state index in [-0.39, 0.29) is 6.04 Å². The van der Waals surface area contributed by atoms with Gasteiger partial charge in [-0.05, 0) is 41.5 Å². The SMILES string of the molecule is COc1cccc(C(NN)c2cc3c(s2)CCSC3)c1. The highest BCUT2D eigenvalue weighted by molar-refractivity contribution is 7.98. The average Bonchev–Trinajstić information content (AvgIpc) is 2.91. The fraction of sp³-hybridized carbons (Fsp3) is 0.333. The van der Waals surface area contributed by atoms with Crippen LogP contribution < -0.4 is 16.0 Å². The van der Waals surface area contributed by atoms with E-state index in [1.807, 2.05) is 41.3 Å². The molecule has 1 aromatic carbocycles. The molecule has 1 aliphatic rings. The maximum Gasteiger partial charge on any atom is 0.119 e. The van der Waals surface area contributed by atoms with Gasteiger partial charge in [-0.3, -0.25) is 5.84 Å². The summed E-state index contributed by atoms with van der Waals surface area (Å²) in [5.74, 6) is 9.01. The Kier molecular flexibility index (Phi) is 4.31. The fourth-order valence-electron chi connectivity index (χ4n) is 2.48. The van der Waals surface area contributed by atoms with E-state index in [4.69, 9.17) is 10.6 Å². The van der Waals surface area contributed by atoms with Gasteiger partial charge in [0.25, 0.3) is 0 Å². The Balaban J connectivity index is 1.94. The van der Waals surface area contributed by atoms with Crippen LogP contribution in [0.3, 0.4) is 0 Å². The van der Waals surface area contributed by atoms with Crippen molar-refractivity contribution in [2.45, 2.75) is 18.2 Å². The predicted molar refractivity (Wildman–Crippen MR) is 86.3 cm³/mol. The highest BCUT2D eigenvalue weighted by Gasteiger charge is 2.20. The van der Waals surface area contributed by atoms with Gasteiger partial charge in [-0.1, -0.05) is 12.1 Å². The second kappa shape index (κ2) is 6.18. The van der Waals surface area contributed by atoms with Crippen LogP contribution in [0.4, 0.5) is 0 Å². The van der Waals surface area contributed by atoms with Gasteiger partial charge in [-0.2, -0.15) is 11.8 Å². The molecule has 3 nitrogen and oxygen atoms in total. The molecule has 1 aromatic heterocycles. The van der Waals surface area contributed by atoms with Crippen LogP contribution in [0.1, 0.15) is 26.9 Å². The molecule has 0 saturated carbocycles. The van der Waals surface area contributed by atoms with Crippen molar-refractivity contribution in [1.29, 1.82) is 0 Å². The minimum atomic E-state index is 0.0331. The molecule has 3 rings (SSSR count). The van der Waals surface area contributed by atoms with Gasteiger partial charge >= 0.3 is 0 Å². The molecule has 3 N–H and O–H groups in total. The minimum absolute atomic E-state index is 0.0331. The monoisotopic (exact) mass is 306 g/mol. The van der Waals surface area contributed by atoms with Crippen molar-refractivity contribution in [3.63, 3.8) is 0 Å². The number of hydrazine groups is 1. The number of rotatable bonds is 4. The number of thioether (sulfide) groups is 1. The third-order valence-electron chi connectivity index (χ3n) is 3.53. The molecule has 0 radical (unpaired) electrons. The normalized spacial score (nSPS) is 15.7. The summed E-state index contributed by atoms with van der Waals surface area (Å²) >= 11 is 3.89. The number of methoxy groups -OCH3 is 1. The molecule has 0 amide bonds. The van der Waals surface area contributed by atoms with Gasteiger partial charge in [0.1, 0.15) is 5.75 Å².